The number of amides is 2. The quantitative estimate of drug-likeness (QED) is 0.205. The van der Waals surface area contributed by atoms with Gasteiger partial charge in [0.15, 0.2) is 0 Å². The van der Waals surface area contributed by atoms with Gasteiger partial charge in [0.1, 0.15) is 11.9 Å². The van der Waals surface area contributed by atoms with Crippen LogP contribution in [-0.2, 0) is 9.59 Å². The Morgan fingerprint density at radius 1 is 1.21 bits per heavy atom. The van der Waals surface area contributed by atoms with Crippen molar-refractivity contribution >= 4 is 29.3 Å². The van der Waals surface area contributed by atoms with Crippen molar-refractivity contribution in [2.24, 2.45) is 0 Å². The number of nitriles is 1. The van der Waals surface area contributed by atoms with Gasteiger partial charge in [0.2, 0.25) is 17.8 Å². The number of likely N-dealkylation sites (N-methyl/N-ethyl adjacent to an activating group) is 2. The summed E-state index contributed by atoms with van der Waals surface area (Å²) in [4.78, 5) is 37.0. The van der Waals surface area contributed by atoms with Crippen LogP contribution in [0.4, 0.5) is 17.5 Å². The number of rotatable bonds is 13. The van der Waals surface area contributed by atoms with Crippen LogP contribution in [0.5, 0.6) is 0 Å². The van der Waals surface area contributed by atoms with E-state index in [0.717, 1.165) is 18.7 Å². The van der Waals surface area contributed by atoms with Crippen LogP contribution >= 0.6 is 0 Å². The van der Waals surface area contributed by atoms with Gasteiger partial charge < -0.3 is 25.8 Å². The average molecular weight is 531 g/mol. The first-order valence-electron chi connectivity index (χ1n) is 13.0. The van der Waals surface area contributed by atoms with Crippen molar-refractivity contribution in [3.63, 3.8) is 0 Å². The van der Waals surface area contributed by atoms with Gasteiger partial charge in [-0.2, -0.15) is 10.2 Å². The largest absolute Gasteiger partial charge is 0.369 e. The molecule has 0 bridgehead atoms. The second-order valence-corrected chi connectivity index (χ2v) is 9.19. The molecule has 1 aromatic carbocycles. The van der Waals surface area contributed by atoms with E-state index in [1.165, 1.54) is 11.0 Å². The topological polar surface area (TPSA) is 126 Å². The number of hydrogen-bond acceptors (Lipinski definition) is 8. The highest BCUT2D eigenvalue weighted by molar-refractivity contribution is 5.92. The molecular weight excluding hydrogens is 492 g/mol. The first kappa shape index (κ1) is 30.8. The van der Waals surface area contributed by atoms with E-state index >= 15 is 0 Å². The van der Waals surface area contributed by atoms with Crippen molar-refractivity contribution in [3.05, 3.63) is 53.7 Å². The van der Waals surface area contributed by atoms with E-state index in [-0.39, 0.29) is 11.8 Å². The molecule has 2 rings (SSSR count). The highest BCUT2D eigenvalue weighted by Gasteiger charge is 2.20. The van der Waals surface area contributed by atoms with Gasteiger partial charge in [0.05, 0.1) is 23.4 Å². The molecule has 2 aromatic rings. The fourth-order valence-electron chi connectivity index (χ4n) is 3.25. The van der Waals surface area contributed by atoms with Gasteiger partial charge in [-0.1, -0.05) is 30.9 Å². The van der Waals surface area contributed by atoms with Crippen LogP contribution in [-0.4, -0.2) is 78.4 Å². The van der Waals surface area contributed by atoms with Gasteiger partial charge in [-0.3, -0.25) is 9.59 Å². The lowest BCUT2D eigenvalue weighted by Gasteiger charge is -2.23. The van der Waals surface area contributed by atoms with Crippen molar-refractivity contribution in [2.45, 2.75) is 39.2 Å². The van der Waals surface area contributed by atoms with Crippen LogP contribution in [0.3, 0.4) is 0 Å². The zero-order valence-electron chi connectivity index (χ0n) is 23.4. The number of carbonyl (C=O) groups excluding carboxylic acids is 2. The van der Waals surface area contributed by atoms with Crippen LogP contribution in [0.15, 0.2) is 42.6 Å². The predicted octanol–water partition coefficient (Wildman–Crippen LogP) is 3.13. The standard InChI is InChI=1S/C29H38N8O2/c1-6-16-31-27-24(21-33-29(35-27)34-25-14-10-12-23(19-25)20-30)13-8-7-9-17-32-28(39)22(2)37(5)26(38)15-11-18-36(3)4/h10-12,14-15,19,21-22H,6-7,9,16-18H2,1-5H3,(H,32,39)(H2,31,33,34,35)/b15-11+. The summed E-state index contributed by atoms with van der Waals surface area (Å²) in [5, 5.41) is 18.4. The summed E-state index contributed by atoms with van der Waals surface area (Å²) in [6.07, 6.45) is 7.09. The molecule has 3 N–H and O–H groups in total. The Morgan fingerprint density at radius 2 is 2.00 bits per heavy atom. The Bertz CT molecular complexity index is 1240. The van der Waals surface area contributed by atoms with E-state index < -0.39 is 6.04 Å². The Kier molecular flexibility index (Phi) is 13.0. The molecular formula is C29H38N8O2. The average Bonchev–Trinajstić information content (AvgIpc) is 2.93. The summed E-state index contributed by atoms with van der Waals surface area (Å²) < 4.78 is 0. The zero-order chi connectivity index (χ0) is 28.6. The lowest BCUT2D eigenvalue weighted by atomic mass is 10.2. The molecule has 0 aliphatic heterocycles. The van der Waals surface area contributed by atoms with Gasteiger partial charge in [-0.05, 0) is 52.1 Å². The number of nitrogens with zero attached hydrogens (tertiary/aromatic N) is 5. The van der Waals surface area contributed by atoms with E-state index in [4.69, 9.17) is 5.26 Å². The number of aromatic nitrogens is 2. The molecule has 39 heavy (non-hydrogen) atoms. The Labute approximate surface area is 231 Å². The number of unbranched alkanes of at least 4 members (excludes halogenated alkanes) is 1. The molecule has 1 unspecified atom stereocenters. The molecule has 206 valence electrons. The monoisotopic (exact) mass is 530 g/mol. The maximum absolute atomic E-state index is 12.4. The van der Waals surface area contributed by atoms with Crippen molar-refractivity contribution in [1.82, 2.24) is 25.1 Å². The maximum Gasteiger partial charge on any atom is 0.246 e. The van der Waals surface area contributed by atoms with E-state index in [1.54, 1.807) is 44.4 Å². The van der Waals surface area contributed by atoms with Crippen molar-refractivity contribution < 1.29 is 9.59 Å². The van der Waals surface area contributed by atoms with E-state index in [1.807, 2.05) is 25.1 Å². The number of anilines is 3. The van der Waals surface area contributed by atoms with E-state index in [9.17, 15) is 9.59 Å². The molecule has 10 heteroatoms. The van der Waals surface area contributed by atoms with Crippen molar-refractivity contribution in [2.75, 3.05) is 51.4 Å². The number of hydrogen-bond donors (Lipinski definition) is 3. The second kappa shape index (κ2) is 16.4. The summed E-state index contributed by atoms with van der Waals surface area (Å²) in [6.45, 7) is 5.62. The van der Waals surface area contributed by atoms with Gasteiger partial charge >= 0.3 is 0 Å². The molecule has 2 amide bonds. The normalized spacial score (nSPS) is 11.3. The minimum Gasteiger partial charge on any atom is -0.369 e. The fourth-order valence-corrected chi connectivity index (χ4v) is 3.25. The highest BCUT2D eigenvalue weighted by Crippen LogP contribution is 2.18. The first-order valence-corrected chi connectivity index (χ1v) is 13.0. The fraction of sp³-hybridized carbons (Fsp3) is 0.414. The molecule has 10 nitrogen and oxygen atoms in total. The van der Waals surface area contributed by atoms with Crippen LogP contribution in [0.25, 0.3) is 0 Å². The Morgan fingerprint density at radius 3 is 2.72 bits per heavy atom. The van der Waals surface area contributed by atoms with Crippen molar-refractivity contribution in [1.29, 1.82) is 5.26 Å². The molecule has 1 aromatic heterocycles. The van der Waals surface area contributed by atoms with Crippen LogP contribution in [0, 0.1) is 23.2 Å². The predicted molar refractivity (Wildman–Crippen MR) is 154 cm³/mol. The molecule has 0 aliphatic rings. The molecule has 1 heterocycles. The van der Waals surface area contributed by atoms with Gasteiger partial charge in [0.25, 0.3) is 0 Å². The minimum absolute atomic E-state index is 0.206. The third kappa shape index (κ3) is 10.8. The van der Waals surface area contributed by atoms with Gasteiger partial charge in [0, 0.05) is 44.9 Å². The smallest absolute Gasteiger partial charge is 0.246 e. The van der Waals surface area contributed by atoms with E-state index in [2.05, 4.69) is 50.8 Å². The third-order valence-corrected chi connectivity index (χ3v) is 5.62. The number of nitrogens with one attached hydrogen (secondary N) is 3. The molecule has 1 atom stereocenters. The van der Waals surface area contributed by atoms with E-state index in [0.29, 0.717) is 48.8 Å². The van der Waals surface area contributed by atoms with Gasteiger partial charge in [-0.15, -0.1) is 0 Å². The zero-order valence-corrected chi connectivity index (χ0v) is 23.4. The van der Waals surface area contributed by atoms with Crippen LogP contribution in [0.1, 0.15) is 44.2 Å². The Balaban J connectivity index is 1.89. The number of carbonyl (C=O) groups is 2. The molecule has 0 radical (unpaired) electrons. The summed E-state index contributed by atoms with van der Waals surface area (Å²) in [5.74, 6) is 6.86. The van der Waals surface area contributed by atoms with Crippen LogP contribution < -0.4 is 16.0 Å². The molecule has 0 spiro atoms. The summed E-state index contributed by atoms with van der Waals surface area (Å²) >= 11 is 0. The van der Waals surface area contributed by atoms with Crippen LogP contribution in [0.2, 0.25) is 0 Å². The lowest BCUT2D eigenvalue weighted by molar-refractivity contribution is -0.135. The Hall–Kier alpha value is -4.41. The molecule has 0 fully saturated rings. The third-order valence-electron chi connectivity index (χ3n) is 5.62. The minimum atomic E-state index is -0.577. The molecule has 0 saturated carbocycles. The first-order chi connectivity index (χ1) is 18.7. The summed E-state index contributed by atoms with van der Waals surface area (Å²) in [5.41, 5.74) is 1.95. The highest BCUT2D eigenvalue weighted by atomic mass is 16.2. The van der Waals surface area contributed by atoms with Gasteiger partial charge in [-0.25, -0.2) is 4.98 Å². The van der Waals surface area contributed by atoms with Crippen molar-refractivity contribution in [3.8, 4) is 17.9 Å². The maximum atomic E-state index is 12.4. The number of benzene rings is 1. The summed E-state index contributed by atoms with van der Waals surface area (Å²) in [6, 6.07) is 8.64. The second-order valence-electron chi connectivity index (χ2n) is 9.19. The SMILES string of the molecule is CCCNc1nc(Nc2cccc(C#N)c2)ncc1C#CCCCNC(=O)C(C)N(C)C(=O)/C=C/CN(C)C. The lowest BCUT2D eigenvalue weighted by Crippen LogP contribution is -2.45. The summed E-state index contributed by atoms with van der Waals surface area (Å²) in [7, 11) is 5.46. The molecule has 0 saturated heterocycles. The molecule has 0 aliphatic carbocycles.